The second kappa shape index (κ2) is 8.03. The molecule has 2 aromatic heterocycles. The molecule has 1 aromatic carbocycles. The fourth-order valence-electron chi connectivity index (χ4n) is 2.94. The summed E-state index contributed by atoms with van der Waals surface area (Å²) in [5, 5.41) is 12.0. The van der Waals surface area contributed by atoms with Gasteiger partial charge in [-0.25, -0.2) is 4.79 Å². The minimum absolute atomic E-state index is 0.135. The van der Waals surface area contributed by atoms with Crippen LogP contribution in [0.1, 0.15) is 29.2 Å². The first-order valence-corrected chi connectivity index (χ1v) is 8.96. The lowest BCUT2D eigenvalue weighted by Gasteiger charge is -2.14. The van der Waals surface area contributed by atoms with E-state index in [4.69, 9.17) is 14.0 Å². The Balaban J connectivity index is 1.36. The molecule has 0 amide bonds. The number of nitrogens with zero attached hydrogens (tertiary/aromatic N) is 5. The van der Waals surface area contributed by atoms with Gasteiger partial charge < -0.3 is 18.9 Å². The van der Waals surface area contributed by atoms with Gasteiger partial charge in [-0.05, 0) is 37.1 Å². The van der Waals surface area contributed by atoms with E-state index in [0.717, 1.165) is 37.3 Å². The maximum absolute atomic E-state index is 12.2. The number of hydrogen-bond acceptors (Lipinski definition) is 9. The van der Waals surface area contributed by atoms with Gasteiger partial charge in [-0.3, -0.25) is 0 Å². The zero-order valence-electron chi connectivity index (χ0n) is 15.4. The van der Waals surface area contributed by atoms with Crippen LogP contribution in [0.3, 0.4) is 0 Å². The van der Waals surface area contributed by atoms with Crippen molar-refractivity contribution in [2.24, 2.45) is 0 Å². The molecular weight excluding hydrogens is 362 g/mol. The molecule has 3 aromatic rings. The van der Waals surface area contributed by atoms with Gasteiger partial charge in [-0.1, -0.05) is 17.3 Å². The fourth-order valence-corrected chi connectivity index (χ4v) is 2.94. The maximum atomic E-state index is 12.2. The van der Waals surface area contributed by atoms with E-state index in [1.54, 1.807) is 25.3 Å². The molecule has 0 spiro atoms. The van der Waals surface area contributed by atoms with E-state index in [2.05, 4.69) is 25.2 Å². The molecule has 9 nitrogen and oxygen atoms in total. The van der Waals surface area contributed by atoms with Crippen LogP contribution >= 0.6 is 0 Å². The summed E-state index contributed by atoms with van der Waals surface area (Å²) in [7, 11) is 1.58. The molecule has 9 heteroatoms. The summed E-state index contributed by atoms with van der Waals surface area (Å²) in [6.07, 6.45) is 2.29. The summed E-state index contributed by atoms with van der Waals surface area (Å²) >= 11 is 0. The van der Waals surface area contributed by atoms with Crippen LogP contribution in [0.2, 0.25) is 0 Å². The van der Waals surface area contributed by atoms with Gasteiger partial charge in [0.1, 0.15) is 5.75 Å². The number of methoxy groups -OCH3 is 1. The Morgan fingerprint density at radius 1 is 1.18 bits per heavy atom. The van der Waals surface area contributed by atoms with Crippen LogP contribution in [0.15, 0.2) is 40.9 Å². The number of carbonyl (C=O) groups is 1. The third kappa shape index (κ3) is 3.93. The summed E-state index contributed by atoms with van der Waals surface area (Å²) in [4.78, 5) is 18.5. The van der Waals surface area contributed by atoms with Crippen molar-refractivity contribution in [3.63, 3.8) is 0 Å². The third-order valence-corrected chi connectivity index (χ3v) is 4.41. The zero-order chi connectivity index (χ0) is 19.3. The van der Waals surface area contributed by atoms with Crippen LogP contribution in [-0.4, -0.2) is 46.5 Å². The molecule has 0 saturated carbocycles. The summed E-state index contributed by atoms with van der Waals surface area (Å²) in [6.45, 7) is 1.78. The Morgan fingerprint density at radius 2 is 2.04 bits per heavy atom. The van der Waals surface area contributed by atoms with E-state index in [1.165, 1.54) is 0 Å². The van der Waals surface area contributed by atoms with Gasteiger partial charge in [0.2, 0.25) is 5.82 Å². The molecule has 1 aliphatic rings. The molecule has 4 rings (SSSR count). The number of esters is 1. The van der Waals surface area contributed by atoms with Crippen molar-refractivity contribution in [3.8, 4) is 17.1 Å². The second-order valence-corrected chi connectivity index (χ2v) is 6.29. The second-order valence-electron chi connectivity index (χ2n) is 6.29. The number of ether oxygens (including phenoxy) is 2. The van der Waals surface area contributed by atoms with Gasteiger partial charge >= 0.3 is 5.97 Å². The van der Waals surface area contributed by atoms with E-state index >= 15 is 0 Å². The Bertz CT molecular complexity index is 951. The van der Waals surface area contributed by atoms with Crippen molar-refractivity contribution in [2.45, 2.75) is 19.4 Å². The van der Waals surface area contributed by atoms with Crippen molar-refractivity contribution in [1.82, 2.24) is 20.3 Å². The molecule has 0 aliphatic carbocycles. The Morgan fingerprint density at radius 3 is 2.79 bits per heavy atom. The van der Waals surface area contributed by atoms with Crippen LogP contribution in [0.5, 0.6) is 5.75 Å². The van der Waals surface area contributed by atoms with Gasteiger partial charge in [0.15, 0.2) is 18.1 Å². The minimum Gasteiger partial charge on any atom is -0.497 e. The molecule has 3 heterocycles. The summed E-state index contributed by atoms with van der Waals surface area (Å²) in [6, 6.07) is 10.7. The summed E-state index contributed by atoms with van der Waals surface area (Å²) in [5.74, 6) is 1.44. The molecule has 0 atom stereocenters. The molecule has 1 aliphatic heterocycles. The van der Waals surface area contributed by atoms with Gasteiger partial charge in [0.25, 0.3) is 5.89 Å². The van der Waals surface area contributed by atoms with Crippen molar-refractivity contribution in [2.75, 3.05) is 25.1 Å². The molecule has 0 N–H and O–H groups in total. The number of aromatic nitrogens is 4. The Hall–Kier alpha value is -3.49. The quantitative estimate of drug-likeness (QED) is 0.596. The van der Waals surface area contributed by atoms with Gasteiger partial charge in [0, 0.05) is 18.7 Å². The normalized spacial score (nSPS) is 13.5. The lowest BCUT2D eigenvalue weighted by molar-refractivity contribution is 0.0421. The minimum atomic E-state index is -0.596. The highest BCUT2D eigenvalue weighted by molar-refractivity contribution is 5.87. The standard InChI is InChI=1S/C19H19N5O4/c1-26-14-6-4-5-13(11-14)18-20-17(28-23-18)12-27-19(25)15-7-8-16(22-21-15)24-9-2-3-10-24/h4-8,11H,2-3,9-10,12H2,1H3. The largest absolute Gasteiger partial charge is 0.497 e. The Kier molecular flexibility index (Phi) is 5.14. The highest BCUT2D eigenvalue weighted by Crippen LogP contribution is 2.21. The van der Waals surface area contributed by atoms with Gasteiger partial charge in [0.05, 0.1) is 7.11 Å². The molecule has 0 radical (unpaired) electrons. The number of rotatable bonds is 6. The van der Waals surface area contributed by atoms with Crippen molar-refractivity contribution < 1.29 is 18.8 Å². The molecule has 144 valence electrons. The summed E-state index contributed by atoms with van der Waals surface area (Å²) in [5.41, 5.74) is 0.875. The topological polar surface area (TPSA) is 103 Å². The van der Waals surface area contributed by atoms with Crippen molar-refractivity contribution in [1.29, 1.82) is 0 Å². The van der Waals surface area contributed by atoms with E-state index in [1.807, 2.05) is 18.2 Å². The zero-order valence-corrected chi connectivity index (χ0v) is 15.4. The smallest absolute Gasteiger partial charge is 0.359 e. The summed E-state index contributed by atoms with van der Waals surface area (Å²) < 4.78 is 15.5. The van der Waals surface area contributed by atoms with E-state index in [-0.39, 0.29) is 18.2 Å². The first-order chi connectivity index (χ1) is 13.7. The van der Waals surface area contributed by atoms with Crippen LogP contribution in [0.4, 0.5) is 5.82 Å². The molecule has 1 fully saturated rings. The fraction of sp³-hybridized carbons (Fsp3) is 0.316. The highest BCUT2D eigenvalue weighted by Gasteiger charge is 2.17. The number of anilines is 1. The SMILES string of the molecule is COc1cccc(-c2noc(COC(=O)c3ccc(N4CCCC4)nn3)n2)c1. The molecule has 28 heavy (non-hydrogen) atoms. The van der Waals surface area contributed by atoms with Crippen LogP contribution < -0.4 is 9.64 Å². The predicted octanol–water partition coefficient (Wildman–Crippen LogP) is 2.49. The molecule has 1 saturated heterocycles. The van der Waals surface area contributed by atoms with Crippen molar-refractivity contribution in [3.05, 3.63) is 48.0 Å². The number of carbonyl (C=O) groups excluding carboxylic acids is 1. The van der Waals surface area contributed by atoms with E-state index < -0.39 is 5.97 Å². The molecular formula is C19H19N5O4. The van der Waals surface area contributed by atoms with Gasteiger partial charge in [-0.2, -0.15) is 4.98 Å². The van der Waals surface area contributed by atoms with E-state index in [0.29, 0.717) is 11.6 Å². The first-order valence-electron chi connectivity index (χ1n) is 8.96. The average molecular weight is 381 g/mol. The van der Waals surface area contributed by atoms with Gasteiger partial charge in [-0.15, -0.1) is 10.2 Å². The Labute approximate surface area is 161 Å². The lowest BCUT2D eigenvalue weighted by atomic mass is 10.2. The average Bonchev–Trinajstić information content (AvgIpc) is 3.44. The maximum Gasteiger partial charge on any atom is 0.359 e. The first kappa shape index (κ1) is 17.9. The lowest BCUT2D eigenvalue weighted by Crippen LogP contribution is -2.20. The highest BCUT2D eigenvalue weighted by atomic mass is 16.6. The monoisotopic (exact) mass is 381 g/mol. The number of benzene rings is 1. The molecule has 0 bridgehead atoms. The van der Waals surface area contributed by atoms with Crippen LogP contribution in [-0.2, 0) is 11.3 Å². The third-order valence-electron chi connectivity index (χ3n) is 4.41. The molecule has 0 unspecified atom stereocenters. The van der Waals surface area contributed by atoms with Crippen molar-refractivity contribution >= 4 is 11.8 Å². The predicted molar refractivity (Wildman–Crippen MR) is 98.9 cm³/mol. The van der Waals surface area contributed by atoms with Crippen LogP contribution in [0.25, 0.3) is 11.4 Å². The van der Waals surface area contributed by atoms with E-state index in [9.17, 15) is 4.79 Å². The number of hydrogen-bond donors (Lipinski definition) is 0. The van der Waals surface area contributed by atoms with Crippen LogP contribution in [0, 0.1) is 0 Å².